The number of halogens is 4. The van der Waals surface area contributed by atoms with E-state index in [0.29, 0.717) is 0 Å². The normalized spacial score (nSPS) is 9.07. The summed E-state index contributed by atoms with van der Waals surface area (Å²) >= 11 is 0. The molecular weight excluding hydrogens is 223 g/mol. The molecule has 0 radical (unpaired) electrons. The molecule has 0 atom stereocenters. The second-order valence-corrected chi connectivity index (χ2v) is 1.83. The van der Waals surface area contributed by atoms with Crippen LogP contribution in [-0.4, -0.2) is 22.2 Å². The number of aromatic nitrogens is 1. The molecule has 0 fully saturated rings. The molecule has 0 amide bonds. The molecule has 0 bridgehead atoms. The lowest BCUT2D eigenvalue weighted by molar-refractivity contribution is -0.192. The zero-order valence-corrected chi connectivity index (χ0v) is 7.55. The predicted octanol–water partition coefficient (Wildman–Crippen LogP) is 2.14. The number of alkyl halides is 3. The third-order valence-corrected chi connectivity index (χ3v) is 0.809. The number of pyridine rings is 1. The van der Waals surface area contributed by atoms with Crippen LogP contribution < -0.4 is 0 Å². The highest BCUT2D eigenvalue weighted by Crippen LogP contribution is 2.13. The van der Waals surface area contributed by atoms with Gasteiger partial charge in [-0.15, -0.1) is 12.4 Å². The first-order chi connectivity index (χ1) is 5.94. The van der Waals surface area contributed by atoms with Crippen molar-refractivity contribution in [2.45, 2.75) is 6.18 Å². The Morgan fingerprint density at radius 2 is 1.50 bits per heavy atom. The van der Waals surface area contributed by atoms with E-state index in [4.69, 9.17) is 9.90 Å². The van der Waals surface area contributed by atoms with E-state index >= 15 is 0 Å². The van der Waals surface area contributed by atoms with Crippen molar-refractivity contribution in [3.8, 4) is 0 Å². The lowest BCUT2D eigenvalue weighted by Gasteiger charge is -1.93. The quantitative estimate of drug-likeness (QED) is 0.742. The standard InChI is InChI=1S/C5H5N.C2HF3O2.ClH/c1-2-4-6-5-3-1;3-2(4,5)1(6)7;/h1-5H;(H,6,7);1H. The molecule has 1 rings (SSSR count). The van der Waals surface area contributed by atoms with Crippen LogP contribution in [0.4, 0.5) is 13.2 Å². The summed E-state index contributed by atoms with van der Waals surface area (Å²) in [6.07, 6.45) is -1.58. The third kappa shape index (κ3) is 8.79. The van der Waals surface area contributed by atoms with Gasteiger partial charge in [0.25, 0.3) is 0 Å². The van der Waals surface area contributed by atoms with Gasteiger partial charge in [0.15, 0.2) is 0 Å². The largest absolute Gasteiger partial charge is 0.490 e. The fourth-order valence-corrected chi connectivity index (χ4v) is 0.313. The Kier molecular flexibility index (Phi) is 7.74. The van der Waals surface area contributed by atoms with E-state index in [1.807, 2.05) is 18.2 Å². The molecule has 14 heavy (non-hydrogen) atoms. The van der Waals surface area contributed by atoms with Gasteiger partial charge in [-0.2, -0.15) is 13.2 Å². The highest BCUT2D eigenvalue weighted by molar-refractivity contribution is 5.85. The highest BCUT2D eigenvalue weighted by atomic mass is 35.5. The minimum Gasteiger partial charge on any atom is -0.475 e. The second-order valence-electron chi connectivity index (χ2n) is 1.83. The maximum absolute atomic E-state index is 10.6. The Labute approximate surface area is 84.0 Å². The van der Waals surface area contributed by atoms with Crippen LogP contribution in [0.1, 0.15) is 0 Å². The summed E-state index contributed by atoms with van der Waals surface area (Å²) in [5.41, 5.74) is 0. The van der Waals surface area contributed by atoms with Crippen molar-refractivity contribution in [2.75, 3.05) is 0 Å². The predicted molar refractivity (Wildman–Crippen MR) is 45.2 cm³/mol. The molecule has 7 heteroatoms. The van der Waals surface area contributed by atoms with Gasteiger partial charge in [0.2, 0.25) is 0 Å². The number of rotatable bonds is 0. The van der Waals surface area contributed by atoms with Gasteiger partial charge in [0.1, 0.15) is 0 Å². The van der Waals surface area contributed by atoms with Crippen molar-refractivity contribution >= 4 is 18.4 Å². The number of carbonyl (C=O) groups is 1. The number of hydrogen-bond donors (Lipinski definition) is 1. The van der Waals surface area contributed by atoms with Crippen LogP contribution in [0.2, 0.25) is 0 Å². The molecule has 80 valence electrons. The molecule has 1 aromatic heterocycles. The molecule has 0 aliphatic heterocycles. The Balaban J connectivity index is 0. The van der Waals surface area contributed by atoms with Crippen LogP contribution in [0.5, 0.6) is 0 Å². The second kappa shape index (κ2) is 7.14. The topological polar surface area (TPSA) is 50.2 Å². The number of carboxylic acid groups (broad SMARTS) is 1. The van der Waals surface area contributed by atoms with Crippen molar-refractivity contribution in [2.24, 2.45) is 0 Å². The molecule has 0 aromatic carbocycles. The Morgan fingerprint density at radius 1 is 1.14 bits per heavy atom. The van der Waals surface area contributed by atoms with E-state index in [1.165, 1.54) is 0 Å². The van der Waals surface area contributed by atoms with E-state index in [9.17, 15) is 13.2 Å². The van der Waals surface area contributed by atoms with Crippen molar-refractivity contribution in [3.63, 3.8) is 0 Å². The molecule has 0 unspecified atom stereocenters. The van der Waals surface area contributed by atoms with Crippen LogP contribution in [0.3, 0.4) is 0 Å². The number of nitrogens with zero attached hydrogens (tertiary/aromatic N) is 1. The molecule has 1 aromatic rings. The Bertz CT molecular complexity index is 226. The minimum absolute atomic E-state index is 0. The lowest BCUT2D eigenvalue weighted by atomic mass is 10.5. The van der Waals surface area contributed by atoms with Gasteiger partial charge >= 0.3 is 12.1 Å². The lowest BCUT2D eigenvalue weighted by Crippen LogP contribution is -2.21. The van der Waals surface area contributed by atoms with Crippen LogP contribution in [0.15, 0.2) is 30.6 Å². The monoisotopic (exact) mass is 229 g/mol. The number of carboxylic acids is 1. The molecule has 0 aliphatic carbocycles. The zero-order chi connectivity index (χ0) is 10.3. The average Bonchev–Trinajstić information content (AvgIpc) is 2.07. The van der Waals surface area contributed by atoms with E-state index < -0.39 is 12.1 Å². The molecule has 1 N–H and O–H groups in total. The molecule has 3 nitrogen and oxygen atoms in total. The first-order valence-corrected chi connectivity index (χ1v) is 3.09. The minimum atomic E-state index is -5.08. The van der Waals surface area contributed by atoms with Gasteiger partial charge in [-0.1, -0.05) is 6.07 Å². The van der Waals surface area contributed by atoms with Gasteiger partial charge in [0, 0.05) is 12.4 Å². The molecule has 0 aliphatic rings. The smallest absolute Gasteiger partial charge is 0.475 e. The van der Waals surface area contributed by atoms with E-state index in [-0.39, 0.29) is 12.4 Å². The van der Waals surface area contributed by atoms with E-state index in [0.717, 1.165) is 0 Å². The number of aliphatic carboxylic acids is 1. The van der Waals surface area contributed by atoms with Gasteiger partial charge in [-0.3, -0.25) is 4.98 Å². The number of hydrogen-bond acceptors (Lipinski definition) is 2. The summed E-state index contributed by atoms with van der Waals surface area (Å²) in [5.74, 6) is -2.76. The average molecular weight is 230 g/mol. The fourth-order valence-electron chi connectivity index (χ4n) is 0.313. The van der Waals surface area contributed by atoms with Gasteiger partial charge in [-0.05, 0) is 12.1 Å². The molecule has 0 spiro atoms. The first-order valence-electron chi connectivity index (χ1n) is 3.09. The summed E-state index contributed by atoms with van der Waals surface area (Å²) in [5, 5.41) is 7.12. The van der Waals surface area contributed by atoms with Gasteiger partial charge in [-0.25, -0.2) is 4.79 Å². The van der Waals surface area contributed by atoms with Gasteiger partial charge < -0.3 is 5.11 Å². The SMILES string of the molecule is Cl.O=C(O)C(F)(F)F.c1ccncc1. The van der Waals surface area contributed by atoms with Crippen LogP contribution in [0, 0.1) is 0 Å². The van der Waals surface area contributed by atoms with Crippen LogP contribution in [-0.2, 0) is 4.79 Å². The van der Waals surface area contributed by atoms with E-state index in [2.05, 4.69) is 4.98 Å². The molecule has 0 saturated carbocycles. The maximum atomic E-state index is 10.6. The molecular formula is C7H7ClF3NO2. The van der Waals surface area contributed by atoms with Crippen LogP contribution >= 0.6 is 12.4 Å². The van der Waals surface area contributed by atoms with Crippen LogP contribution in [0.25, 0.3) is 0 Å². The van der Waals surface area contributed by atoms with E-state index in [1.54, 1.807) is 12.4 Å². The maximum Gasteiger partial charge on any atom is 0.490 e. The summed E-state index contributed by atoms with van der Waals surface area (Å²) in [6.45, 7) is 0. The molecule has 0 saturated heterocycles. The summed E-state index contributed by atoms with van der Waals surface area (Å²) in [7, 11) is 0. The van der Waals surface area contributed by atoms with Crippen molar-refractivity contribution < 1.29 is 23.1 Å². The fraction of sp³-hybridized carbons (Fsp3) is 0.143. The zero-order valence-electron chi connectivity index (χ0n) is 6.73. The summed E-state index contributed by atoms with van der Waals surface area (Å²) in [6, 6.07) is 5.72. The third-order valence-electron chi connectivity index (χ3n) is 0.809. The summed E-state index contributed by atoms with van der Waals surface area (Å²) < 4.78 is 31.7. The summed E-state index contributed by atoms with van der Waals surface area (Å²) in [4.78, 5) is 12.7. The Morgan fingerprint density at radius 3 is 1.57 bits per heavy atom. The van der Waals surface area contributed by atoms with Crippen molar-refractivity contribution in [3.05, 3.63) is 30.6 Å². The Hall–Kier alpha value is -1.30. The molecule has 1 heterocycles. The first kappa shape index (κ1) is 15.2. The highest BCUT2D eigenvalue weighted by Gasteiger charge is 2.38. The van der Waals surface area contributed by atoms with Gasteiger partial charge in [0.05, 0.1) is 0 Å². The van der Waals surface area contributed by atoms with Crippen molar-refractivity contribution in [1.82, 2.24) is 4.98 Å². The van der Waals surface area contributed by atoms with Crippen molar-refractivity contribution in [1.29, 1.82) is 0 Å².